The third kappa shape index (κ3) is 2.37. The molecule has 0 bridgehead atoms. The van der Waals surface area contributed by atoms with Crippen LogP contribution in [0, 0.1) is 0 Å². The van der Waals surface area contributed by atoms with Crippen molar-refractivity contribution in [3.63, 3.8) is 0 Å². The molecule has 0 saturated heterocycles. The number of benzene rings is 1. The van der Waals surface area contributed by atoms with E-state index in [2.05, 4.69) is 10.2 Å². The van der Waals surface area contributed by atoms with E-state index in [9.17, 15) is 9.90 Å². The summed E-state index contributed by atoms with van der Waals surface area (Å²) in [6.45, 7) is 1.93. The van der Waals surface area contributed by atoms with Crippen molar-refractivity contribution in [3.05, 3.63) is 35.7 Å². The van der Waals surface area contributed by atoms with Crippen molar-refractivity contribution in [1.29, 1.82) is 0 Å². The zero-order chi connectivity index (χ0) is 14.0. The van der Waals surface area contributed by atoms with E-state index in [1.54, 1.807) is 25.2 Å². The van der Waals surface area contributed by atoms with Crippen LogP contribution in [0.3, 0.4) is 0 Å². The molecule has 1 aromatic carbocycles. The van der Waals surface area contributed by atoms with Gasteiger partial charge in [-0.3, -0.25) is 9.89 Å². The number of aromatic hydroxyl groups is 1. The minimum Gasteiger partial charge on any atom is -0.508 e. The number of carbonyl (C=O) groups excluding carboxylic acids is 1. The number of rotatable bonds is 3. The van der Waals surface area contributed by atoms with Gasteiger partial charge >= 0.3 is 0 Å². The number of nitrogens with one attached hydrogen (secondary N) is 1. The Morgan fingerprint density at radius 3 is 2.84 bits per heavy atom. The second kappa shape index (κ2) is 5.01. The van der Waals surface area contributed by atoms with Crippen molar-refractivity contribution < 1.29 is 9.90 Å². The van der Waals surface area contributed by atoms with Crippen LogP contribution in [0.2, 0.25) is 0 Å². The first-order valence-corrected chi connectivity index (χ1v) is 5.94. The summed E-state index contributed by atoms with van der Waals surface area (Å²) >= 11 is 0. The van der Waals surface area contributed by atoms with E-state index in [4.69, 9.17) is 5.73 Å². The summed E-state index contributed by atoms with van der Waals surface area (Å²) in [4.78, 5) is 13.7. The van der Waals surface area contributed by atoms with Gasteiger partial charge < -0.3 is 15.7 Å². The lowest BCUT2D eigenvalue weighted by molar-refractivity contribution is 0.0989. The van der Waals surface area contributed by atoms with Crippen LogP contribution in [0.4, 0.5) is 11.4 Å². The molecule has 0 saturated carbocycles. The lowest BCUT2D eigenvalue weighted by Crippen LogP contribution is -2.27. The molecule has 0 radical (unpaired) electrons. The third-order valence-corrected chi connectivity index (χ3v) is 2.96. The van der Waals surface area contributed by atoms with Crippen LogP contribution in [0.5, 0.6) is 5.75 Å². The molecule has 0 unspecified atom stereocenters. The number of amides is 1. The van der Waals surface area contributed by atoms with Gasteiger partial charge in [0.25, 0.3) is 5.91 Å². The van der Waals surface area contributed by atoms with Crippen LogP contribution in [0.25, 0.3) is 0 Å². The highest BCUT2D eigenvalue weighted by Gasteiger charge is 2.21. The number of H-pyrrole nitrogens is 1. The molecule has 0 aliphatic heterocycles. The highest BCUT2D eigenvalue weighted by molar-refractivity contribution is 6.07. The van der Waals surface area contributed by atoms with Crippen LogP contribution < -0.4 is 10.6 Å². The molecule has 2 aromatic rings. The molecule has 0 spiro atoms. The van der Waals surface area contributed by atoms with Crippen molar-refractivity contribution >= 4 is 17.3 Å². The Balaban J connectivity index is 2.31. The number of aromatic amines is 1. The molecule has 0 aliphatic carbocycles. The van der Waals surface area contributed by atoms with E-state index in [1.807, 2.05) is 6.92 Å². The Morgan fingerprint density at radius 1 is 1.53 bits per heavy atom. The minimum absolute atomic E-state index is 0.0985. The van der Waals surface area contributed by atoms with Gasteiger partial charge in [-0.2, -0.15) is 5.10 Å². The van der Waals surface area contributed by atoms with E-state index in [0.29, 0.717) is 17.8 Å². The normalized spacial score (nSPS) is 10.4. The number of nitrogen functional groups attached to an aromatic ring is 1. The predicted octanol–water partition coefficient (Wildman–Crippen LogP) is 1.54. The standard InChI is InChI=1S/C13H16N4O2/c1-3-10-11(14)12(16-15-10)13(19)17(2)8-5-4-6-9(18)7-8/h4-7,18H,3,14H2,1-2H3,(H,15,16). The van der Waals surface area contributed by atoms with Crippen molar-refractivity contribution in [2.75, 3.05) is 17.7 Å². The summed E-state index contributed by atoms with van der Waals surface area (Å²) in [5, 5.41) is 16.1. The predicted molar refractivity (Wildman–Crippen MR) is 73.2 cm³/mol. The molecule has 19 heavy (non-hydrogen) atoms. The average Bonchev–Trinajstić information content (AvgIpc) is 2.78. The van der Waals surface area contributed by atoms with Gasteiger partial charge in [-0.25, -0.2) is 0 Å². The fraction of sp³-hybridized carbons (Fsp3) is 0.231. The molecule has 2 rings (SSSR count). The van der Waals surface area contributed by atoms with Gasteiger partial charge in [0.1, 0.15) is 5.75 Å². The lowest BCUT2D eigenvalue weighted by atomic mass is 10.2. The number of nitrogens with two attached hydrogens (primary N) is 1. The number of nitrogens with zero attached hydrogens (tertiary/aromatic N) is 2. The Morgan fingerprint density at radius 2 is 2.26 bits per heavy atom. The van der Waals surface area contributed by atoms with Crippen molar-refractivity contribution in [1.82, 2.24) is 10.2 Å². The summed E-state index contributed by atoms with van der Waals surface area (Å²) in [7, 11) is 1.61. The summed E-state index contributed by atoms with van der Waals surface area (Å²) in [5.74, 6) is -0.222. The molecular weight excluding hydrogens is 244 g/mol. The molecule has 0 aliphatic rings. The van der Waals surface area contributed by atoms with E-state index in [1.165, 1.54) is 11.0 Å². The highest BCUT2D eigenvalue weighted by atomic mass is 16.3. The van der Waals surface area contributed by atoms with E-state index < -0.39 is 0 Å². The smallest absolute Gasteiger partial charge is 0.280 e. The third-order valence-electron chi connectivity index (χ3n) is 2.96. The van der Waals surface area contributed by atoms with Crippen LogP contribution in [0.15, 0.2) is 24.3 Å². The maximum Gasteiger partial charge on any atom is 0.280 e. The zero-order valence-electron chi connectivity index (χ0n) is 10.8. The van der Waals surface area contributed by atoms with Crippen LogP contribution in [-0.4, -0.2) is 28.3 Å². The lowest BCUT2D eigenvalue weighted by Gasteiger charge is -2.16. The Bertz CT molecular complexity index is 606. The molecule has 1 amide bonds. The molecule has 1 aromatic heterocycles. The quantitative estimate of drug-likeness (QED) is 0.780. The summed E-state index contributed by atoms with van der Waals surface area (Å²) in [6.07, 6.45) is 0.682. The maximum atomic E-state index is 12.3. The maximum absolute atomic E-state index is 12.3. The molecule has 4 N–H and O–H groups in total. The Labute approximate surface area is 110 Å². The van der Waals surface area contributed by atoms with Gasteiger partial charge in [0.2, 0.25) is 0 Å². The van der Waals surface area contributed by atoms with E-state index in [0.717, 1.165) is 5.69 Å². The van der Waals surface area contributed by atoms with Crippen molar-refractivity contribution in [2.24, 2.45) is 0 Å². The number of hydrogen-bond acceptors (Lipinski definition) is 4. The number of aromatic nitrogens is 2. The molecular formula is C13H16N4O2. The summed E-state index contributed by atoms with van der Waals surface area (Å²) in [6, 6.07) is 6.43. The van der Waals surface area contributed by atoms with Gasteiger partial charge in [0.05, 0.1) is 11.4 Å². The largest absolute Gasteiger partial charge is 0.508 e. The Kier molecular flexibility index (Phi) is 3.41. The van der Waals surface area contributed by atoms with Gasteiger partial charge in [-0.05, 0) is 18.6 Å². The van der Waals surface area contributed by atoms with Crippen LogP contribution in [0.1, 0.15) is 23.1 Å². The first-order valence-electron chi connectivity index (χ1n) is 5.94. The fourth-order valence-corrected chi connectivity index (χ4v) is 1.80. The van der Waals surface area contributed by atoms with Gasteiger partial charge in [0, 0.05) is 18.8 Å². The first kappa shape index (κ1) is 12.9. The van der Waals surface area contributed by atoms with Crippen LogP contribution in [-0.2, 0) is 6.42 Å². The van der Waals surface area contributed by atoms with Crippen molar-refractivity contribution in [3.8, 4) is 5.75 Å². The number of anilines is 2. The molecule has 100 valence electrons. The zero-order valence-corrected chi connectivity index (χ0v) is 10.8. The molecule has 0 atom stereocenters. The monoisotopic (exact) mass is 260 g/mol. The highest BCUT2D eigenvalue weighted by Crippen LogP contribution is 2.22. The van der Waals surface area contributed by atoms with Gasteiger partial charge in [-0.15, -0.1) is 0 Å². The van der Waals surface area contributed by atoms with Crippen LogP contribution >= 0.6 is 0 Å². The average molecular weight is 260 g/mol. The molecule has 0 fully saturated rings. The number of aryl methyl sites for hydroxylation is 1. The second-order valence-corrected chi connectivity index (χ2v) is 4.20. The second-order valence-electron chi connectivity index (χ2n) is 4.20. The number of hydrogen-bond donors (Lipinski definition) is 3. The molecule has 6 heteroatoms. The number of phenolic OH excluding ortho intramolecular Hbond substituents is 1. The SMILES string of the molecule is CCc1[nH]nc(C(=O)N(C)c2cccc(O)c2)c1N. The summed E-state index contributed by atoms with van der Waals surface area (Å²) < 4.78 is 0. The van der Waals surface area contributed by atoms with E-state index in [-0.39, 0.29) is 17.4 Å². The molecule has 1 heterocycles. The van der Waals surface area contributed by atoms with Gasteiger partial charge in [0.15, 0.2) is 5.69 Å². The molecule has 6 nitrogen and oxygen atoms in total. The van der Waals surface area contributed by atoms with Crippen molar-refractivity contribution in [2.45, 2.75) is 13.3 Å². The summed E-state index contributed by atoms with van der Waals surface area (Å²) in [5.41, 5.74) is 7.76. The number of phenols is 1. The fourth-order valence-electron chi connectivity index (χ4n) is 1.80. The Hall–Kier alpha value is -2.50. The first-order chi connectivity index (χ1) is 9.04. The topological polar surface area (TPSA) is 95.2 Å². The van der Waals surface area contributed by atoms with Gasteiger partial charge in [-0.1, -0.05) is 13.0 Å². The van der Waals surface area contributed by atoms with E-state index >= 15 is 0 Å². The number of carbonyl (C=O) groups is 1. The minimum atomic E-state index is -0.320.